The van der Waals surface area contributed by atoms with Crippen LogP contribution in [-0.2, 0) is 0 Å². The van der Waals surface area contributed by atoms with E-state index in [2.05, 4.69) is 0 Å². The maximum absolute atomic E-state index is 10.3. The number of benzene rings is 2. The lowest BCUT2D eigenvalue weighted by atomic mass is 10.2. The lowest BCUT2D eigenvalue weighted by molar-refractivity contribution is 0.117. The number of nitrogens with zero attached hydrogens (tertiary/aromatic N) is 2. The van der Waals surface area contributed by atoms with E-state index in [1.807, 2.05) is 0 Å². The molecule has 0 atom stereocenters. The van der Waals surface area contributed by atoms with Crippen LogP contribution < -0.4 is 29.3 Å². The van der Waals surface area contributed by atoms with Crippen molar-refractivity contribution in [1.29, 1.82) is 0 Å². The van der Waals surface area contributed by atoms with Crippen LogP contribution in [0, 0.1) is 0 Å². The monoisotopic (exact) mass is 368 g/mol. The molecule has 2 aromatic rings. The zero-order valence-electron chi connectivity index (χ0n) is 14.6. The Labute approximate surface area is 149 Å². The first-order chi connectivity index (χ1) is 12.4. The van der Waals surface area contributed by atoms with Gasteiger partial charge in [-0.3, -0.25) is 10.4 Å². The number of rotatable bonds is 7. The molecule has 142 valence electrons. The highest BCUT2D eigenvalue weighted by Crippen LogP contribution is 2.42. The van der Waals surface area contributed by atoms with Crippen molar-refractivity contribution in [2.45, 2.75) is 0 Å². The van der Waals surface area contributed by atoms with Crippen molar-refractivity contribution in [3.8, 4) is 34.5 Å². The Balaban J connectivity index is 2.46. The van der Waals surface area contributed by atoms with Gasteiger partial charge in [0, 0.05) is 24.3 Å². The molecule has 2 aromatic carbocycles. The summed E-state index contributed by atoms with van der Waals surface area (Å²) in [6.07, 6.45) is 0. The van der Waals surface area contributed by atoms with Crippen LogP contribution in [0.5, 0.6) is 34.5 Å². The summed E-state index contributed by atoms with van der Waals surface area (Å²) in [6.45, 7) is 0. The Kier molecular flexibility index (Phi) is 5.70. The fourth-order valence-corrected chi connectivity index (χ4v) is 2.21. The number of methoxy groups -OCH3 is 4. The molecule has 0 aliphatic heterocycles. The van der Waals surface area contributed by atoms with Gasteiger partial charge in [0.1, 0.15) is 0 Å². The lowest BCUT2D eigenvalue weighted by Gasteiger charge is -2.28. The van der Waals surface area contributed by atoms with Crippen LogP contribution in [0.15, 0.2) is 24.3 Å². The van der Waals surface area contributed by atoms with E-state index in [0.29, 0.717) is 10.3 Å². The van der Waals surface area contributed by atoms with E-state index in [1.54, 1.807) is 0 Å². The van der Waals surface area contributed by atoms with Gasteiger partial charge in [0.2, 0.25) is 11.5 Å². The first-order valence-corrected chi connectivity index (χ1v) is 7.25. The van der Waals surface area contributed by atoms with Gasteiger partial charge < -0.3 is 29.2 Å². The maximum Gasteiger partial charge on any atom is 0.200 e. The first-order valence-electron chi connectivity index (χ1n) is 7.25. The van der Waals surface area contributed by atoms with E-state index in [1.165, 1.54) is 52.7 Å². The highest BCUT2D eigenvalue weighted by atomic mass is 16.7. The van der Waals surface area contributed by atoms with Crippen molar-refractivity contribution >= 4 is 11.4 Å². The van der Waals surface area contributed by atoms with Gasteiger partial charge in [0.15, 0.2) is 23.0 Å². The molecule has 0 radical (unpaired) electrons. The van der Waals surface area contributed by atoms with E-state index in [4.69, 9.17) is 18.9 Å². The maximum atomic E-state index is 10.3. The molecular formula is C16H20N2O8. The summed E-state index contributed by atoms with van der Waals surface area (Å²) >= 11 is 0. The van der Waals surface area contributed by atoms with Crippen LogP contribution in [0.25, 0.3) is 0 Å². The zero-order valence-corrected chi connectivity index (χ0v) is 14.6. The third-order valence-electron chi connectivity index (χ3n) is 3.57. The molecule has 0 bridgehead atoms. The van der Waals surface area contributed by atoms with Crippen molar-refractivity contribution in [3.05, 3.63) is 24.3 Å². The van der Waals surface area contributed by atoms with Crippen LogP contribution >= 0.6 is 0 Å². The van der Waals surface area contributed by atoms with Crippen molar-refractivity contribution < 1.29 is 39.6 Å². The average Bonchev–Trinajstić information content (AvgIpc) is 2.67. The molecule has 0 amide bonds. The van der Waals surface area contributed by atoms with E-state index in [-0.39, 0.29) is 45.9 Å². The van der Waals surface area contributed by atoms with Crippen molar-refractivity contribution in [1.82, 2.24) is 0 Å². The number of hydrogen-bond acceptors (Lipinski definition) is 10. The summed E-state index contributed by atoms with van der Waals surface area (Å²) in [5.74, 6) is -0.435. The van der Waals surface area contributed by atoms with Gasteiger partial charge in [-0.05, 0) is 0 Å². The predicted molar refractivity (Wildman–Crippen MR) is 91.0 cm³/mol. The Bertz CT molecular complexity index is 667. The smallest absolute Gasteiger partial charge is 0.200 e. The van der Waals surface area contributed by atoms with Gasteiger partial charge in [-0.15, -0.1) is 10.3 Å². The predicted octanol–water partition coefficient (Wildman–Crippen LogP) is 2.14. The summed E-state index contributed by atoms with van der Waals surface area (Å²) in [5, 5.41) is 41.3. The molecule has 26 heavy (non-hydrogen) atoms. The lowest BCUT2D eigenvalue weighted by Crippen LogP contribution is -2.38. The molecule has 0 saturated carbocycles. The fourth-order valence-electron chi connectivity index (χ4n) is 2.21. The van der Waals surface area contributed by atoms with Crippen LogP contribution in [0.3, 0.4) is 0 Å². The van der Waals surface area contributed by atoms with Gasteiger partial charge >= 0.3 is 0 Å². The molecule has 0 aliphatic carbocycles. The zero-order chi connectivity index (χ0) is 19.4. The normalized spacial score (nSPS) is 10.2. The number of hydrogen-bond donors (Lipinski definition) is 4. The number of anilines is 2. The third-order valence-corrected chi connectivity index (χ3v) is 3.57. The van der Waals surface area contributed by atoms with E-state index in [9.17, 15) is 20.6 Å². The summed E-state index contributed by atoms with van der Waals surface area (Å²) in [4.78, 5) is 0. The second-order valence-electron chi connectivity index (χ2n) is 4.98. The SMILES string of the molecule is COc1cc(N(O)N(O)c2cc(OC)c(O)c(OC)c2)cc(OC)c1O. The van der Waals surface area contributed by atoms with Gasteiger partial charge in [-0.1, -0.05) is 0 Å². The van der Waals surface area contributed by atoms with Gasteiger partial charge in [0.05, 0.1) is 39.8 Å². The van der Waals surface area contributed by atoms with Crippen LogP contribution in [0.4, 0.5) is 11.4 Å². The number of hydrazine groups is 1. The van der Waals surface area contributed by atoms with Crippen LogP contribution in [0.1, 0.15) is 0 Å². The highest BCUT2D eigenvalue weighted by molar-refractivity contribution is 5.67. The largest absolute Gasteiger partial charge is 0.502 e. The number of ether oxygens (including phenoxy) is 4. The standard InChI is InChI=1S/C16H20N2O8/c1-23-11-5-9(6-12(24-2)15(11)19)17(21)18(22)10-7-13(25-3)16(20)14(8-10)26-4/h5-8,19-22H,1-4H3. The second kappa shape index (κ2) is 7.76. The molecule has 10 heteroatoms. The minimum atomic E-state index is -0.260. The van der Waals surface area contributed by atoms with E-state index in [0.717, 1.165) is 0 Å². The van der Waals surface area contributed by atoms with E-state index < -0.39 is 0 Å². The van der Waals surface area contributed by atoms with Crippen molar-refractivity contribution in [2.24, 2.45) is 0 Å². The molecule has 4 N–H and O–H groups in total. The first kappa shape index (κ1) is 19.1. The summed E-state index contributed by atoms with van der Waals surface area (Å²) in [6, 6.07) is 5.10. The second-order valence-corrected chi connectivity index (χ2v) is 4.98. The molecule has 0 fully saturated rings. The third kappa shape index (κ3) is 3.41. The molecule has 0 aromatic heterocycles. The minimum Gasteiger partial charge on any atom is -0.502 e. The van der Waals surface area contributed by atoms with Gasteiger partial charge in [0.25, 0.3) is 0 Å². The Hall–Kier alpha value is -3.24. The number of phenols is 2. The fraction of sp³-hybridized carbons (Fsp3) is 0.250. The highest BCUT2D eigenvalue weighted by Gasteiger charge is 2.21. The van der Waals surface area contributed by atoms with Crippen molar-refractivity contribution in [2.75, 3.05) is 38.8 Å². The molecule has 0 heterocycles. The molecule has 2 rings (SSSR count). The average molecular weight is 368 g/mol. The Morgan fingerprint density at radius 3 is 1.00 bits per heavy atom. The van der Waals surface area contributed by atoms with E-state index >= 15 is 0 Å². The summed E-state index contributed by atoms with van der Waals surface area (Å²) < 4.78 is 20.0. The topological polar surface area (TPSA) is 124 Å². The number of aromatic hydroxyl groups is 2. The molecular weight excluding hydrogens is 348 g/mol. The minimum absolute atomic E-state index is 0.0185. The molecule has 0 spiro atoms. The molecule has 10 nitrogen and oxygen atoms in total. The molecule has 0 saturated heterocycles. The quantitative estimate of drug-likeness (QED) is 0.540. The van der Waals surface area contributed by atoms with Crippen molar-refractivity contribution in [3.63, 3.8) is 0 Å². The Morgan fingerprint density at radius 2 is 0.808 bits per heavy atom. The molecule has 0 unspecified atom stereocenters. The summed E-state index contributed by atoms with van der Waals surface area (Å²) in [7, 11) is 5.30. The Morgan fingerprint density at radius 1 is 0.577 bits per heavy atom. The van der Waals surface area contributed by atoms with Gasteiger partial charge in [-0.25, -0.2) is 0 Å². The van der Waals surface area contributed by atoms with Crippen LogP contribution in [0.2, 0.25) is 0 Å². The van der Waals surface area contributed by atoms with Crippen LogP contribution in [-0.4, -0.2) is 49.1 Å². The summed E-state index contributed by atoms with van der Waals surface area (Å²) in [5.41, 5.74) is 0.0371. The number of phenolic OH excluding ortho intramolecular Hbond substituents is 2. The molecule has 0 aliphatic rings. The van der Waals surface area contributed by atoms with Gasteiger partial charge in [-0.2, -0.15) is 0 Å².